The number of aromatic amines is 1. The Morgan fingerprint density at radius 1 is 1.05 bits per heavy atom. The van der Waals surface area contributed by atoms with Gasteiger partial charge in [0.05, 0.1) is 0 Å². The van der Waals surface area contributed by atoms with Crippen LogP contribution in [0.4, 0.5) is 0 Å². The minimum absolute atomic E-state index is 0.179. The number of rotatable bonds is 2. The number of pyridine rings is 1. The first-order valence-electron chi connectivity index (χ1n) is 6.92. The molecule has 6 nitrogen and oxygen atoms in total. The van der Waals surface area contributed by atoms with Crippen molar-refractivity contribution in [2.45, 2.75) is 12.8 Å². The maximum Gasteiger partial charge on any atom is 0.270 e. The van der Waals surface area contributed by atoms with Crippen molar-refractivity contribution in [3.05, 3.63) is 34.2 Å². The molecule has 1 saturated carbocycles. The molecule has 0 spiro atoms. The molecule has 0 bridgehead atoms. The molecule has 0 unspecified atom stereocenters. The van der Waals surface area contributed by atoms with Crippen molar-refractivity contribution in [1.29, 1.82) is 0 Å². The van der Waals surface area contributed by atoms with Crippen molar-refractivity contribution in [3.8, 4) is 0 Å². The lowest BCUT2D eigenvalue weighted by atomic mass is 10.2. The van der Waals surface area contributed by atoms with Crippen LogP contribution in [0.25, 0.3) is 0 Å². The number of nitrogens with zero attached hydrogens (tertiary/aromatic N) is 2. The lowest BCUT2D eigenvalue weighted by Crippen LogP contribution is -2.51. The predicted molar refractivity (Wildman–Crippen MR) is 72.3 cm³/mol. The second-order valence-corrected chi connectivity index (χ2v) is 5.32. The molecule has 0 radical (unpaired) electrons. The monoisotopic (exact) mass is 275 g/mol. The number of carbonyl (C=O) groups excluding carboxylic acids is 2. The average molecular weight is 275 g/mol. The Labute approximate surface area is 116 Å². The fraction of sp³-hybridized carbons (Fsp3) is 0.500. The van der Waals surface area contributed by atoms with Gasteiger partial charge in [0.15, 0.2) is 0 Å². The minimum Gasteiger partial charge on any atom is -0.339 e. The first-order valence-corrected chi connectivity index (χ1v) is 6.92. The molecule has 2 fully saturated rings. The summed E-state index contributed by atoms with van der Waals surface area (Å²) in [6, 6.07) is 4.55. The Kier molecular flexibility index (Phi) is 3.30. The highest BCUT2D eigenvalue weighted by Gasteiger charge is 2.35. The molecule has 106 valence electrons. The van der Waals surface area contributed by atoms with Gasteiger partial charge in [-0.1, -0.05) is 6.07 Å². The third-order valence-electron chi connectivity index (χ3n) is 3.80. The molecule has 1 aliphatic heterocycles. The van der Waals surface area contributed by atoms with Gasteiger partial charge in [-0.05, 0) is 18.9 Å². The maximum absolute atomic E-state index is 12.2. The van der Waals surface area contributed by atoms with Gasteiger partial charge < -0.3 is 14.8 Å². The van der Waals surface area contributed by atoms with E-state index in [9.17, 15) is 14.4 Å². The van der Waals surface area contributed by atoms with E-state index in [0.717, 1.165) is 12.8 Å². The smallest absolute Gasteiger partial charge is 0.270 e. The van der Waals surface area contributed by atoms with Gasteiger partial charge in [-0.3, -0.25) is 14.4 Å². The van der Waals surface area contributed by atoms with Gasteiger partial charge >= 0.3 is 0 Å². The lowest BCUT2D eigenvalue weighted by molar-refractivity contribution is -0.134. The van der Waals surface area contributed by atoms with Gasteiger partial charge in [0, 0.05) is 38.2 Å². The van der Waals surface area contributed by atoms with Gasteiger partial charge in [-0.2, -0.15) is 0 Å². The minimum atomic E-state index is -0.279. The van der Waals surface area contributed by atoms with Crippen molar-refractivity contribution in [1.82, 2.24) is 14.8 Å². The SMILES string of the molecule is O=C(c1cccc(=O)[nH]1)N1CCN(C(=O)C2CC2)CC1. The van der Waals surface area contributed by atoms with E-state index in [-0.39, 0.29) is 23.3 Å². The van der Waals surface area contributed by atoms with E-state index < -0.39 is 0 Å². The molecule has 1 aliphatic carbocycles. The molecule has 1 N–H and O–H groups in total. The van der Waals surface area contributed by atoms with Crippen LogP contribution in [0.5, 0.6) is 0 Å². The number of carbonyl (C=O) groups is 2. The Bertz CT molecular complexity index is 583. The lowest BCUT2D eigenvalue weighted by Gasteiger charge is -2.34. The van der Waals surface area contributed by atoms with Crippen LogP contribution < -0.4 is 5.56 Å². The number of hydrogen-bond acceptors (Lipinski definition) is 3. The number of hydrogen-bond donors (Lipinski definition) is 1. The van der Waals surface area contributed by atoms with Gasteiger partial charge in [-0.15, -0.1) is 0 Å². The second-order valence-electron chi connectivity index (χ2n) is 5.32. The third-order valence-corrected chi connectivity index (χ3v) is 3.80. The number of H-pyrrole nitrogens is 1. The first-order chi connectivity index (χ1) is 9.65. The summed E-state index contributed by atoms with van der Waals surface area (Å²) >= 11 is 0. The summed E-state index contributed by atoms with van der Waals surface area (Å²) in [4.78, 5) is 41.4. The van der Waals surface area contributed by atoms with Crippen LogP contribution in [0.15, 0.2) is 23.0 Å². The zero-order valence-corrected chi connectivity index (χ0v) is 11.2. The number of aromatic nitrogens is 1. The van der Waals surface area contributed by atoms with Gasteiger partial charge in [0.2, 0.25) is 11.5 Å². The summed E-state index contributed by atoms with van der Waals surface area (Å²) in [5, 5.41) is 0. The highest BCUT2D eigenvalue weighted by atomic mass is 16.2. The molecule has 3 rings (SSSR count). The molecule has 0 aromatic carbocycles. The van der Waals surface area contributed by atoms with Crippen LogP contribution in [-0.4, -0.2) is 52.8 Å². The highest BCUT2D eigenvalue weighted by molar-refractivity contribution is 5.92. The van der Waals surface area contributed by atoms with Gasteiger partial charge in [0.25, 0.3) is 5.91 Å². The van der Waals surface area contributed by atoms with E-state index in [0.29, 0.717) is 31.9 Å². The first kappa shape index (κ1) is 12.9. The van der Waals surface area contributed by atoms with Crippen LogP contribution in [0.2, 0.25) is 0 Å². The summed E-state index contributed by atoms with van der Waals surface area (Å²) in [6.07, 6.45) is 2.01. The fourth-order valence-corrected chi connectivity index (χ4v) is 2.46. The summed E-state index contributed by atoms with van der Waals surface area (Å²) in [6.45, 7) is 2.21. The summed E-state index contributed by atoms with van der Waals surface area (Å²) in [5.41, 5.74) is 0.0258. The molecule has 6 heteroatoms. The molecule has 1 aromatic rings. The molecule has 2 heterocycles. The van der Waals surface area contributed by atoms with Crippen LogP contribution in [0, 0.1) is 5.92 Å². The molecular weight excluding hydrogens is 258 g/mol. The van der Waals surface area contributed by atoms with E-state index in [1.165, 1.54) is 6.07 Å². The zero-order chi connectivity index (χ0) is 14.1. The van der Waals surface area contributed by atoms with E-state index in [2.05, 4.69) is 4.98 Å². The molecule has 2 aliphatic rings. The van der Waals surface area contributed by atoms with E-state index in [1.807, 2.05) is 4.90 Å². The fourth-order valence-electron chi connectivity index (χ4n) is 2.46. The molecule has 20 heavy (non-hydrogen) atoms. The molecule has 2 amide bonds. The molecule has 1 saturated heterocycles. The van der Waals surface area contributed by atoms with Gasteiger partial charge in [0.1, 0.15) is 5.69 Å². The Hall–Kier alpha value is -2.11. The summed E-state index contributed by atoms with van der Waals surface area (Å²) in [5.74, 6) is 0.272. The summed E-state index contributed by atoms with van der Waals surface area (Å²) in [7, 11) is 0. The second kappa shape index (κ2) is 5.11. The number of amides is 2. The highest BCUT2D eigenvalue weighted by Crippen LogP contribution is 2.31. The van der Waals surface area contributed by atoms with Gasteiger partial charge in [-0.25, -0.2) is 0 Å². The maximum atomic E-state index is 12.2. The van der Waals surface area contributed by atoms with Crippen molar-refractivity contribution in [3.63, 3.8) is 0 Å². The molecular formula is C14H17N3O3. The summed E-state index contributed by atoms with van der Waals surface area (Å²) < 4.78 is 0. The standard InChI is InChI=1S/C14H17N3O3/c18-12-3-1-2-11(15-12)14(20)17-8-6-16(7-9-17)13(19)10-4-5-10/h1-3,10H,4-9H2,(H,15,18). The van der Waals surface area contributed by atoms with E-state index in [1.54, 1.807) is 17.0 Å². The largest absolute Gasteiger partial charge is 0.339 e. The third kappa shape index (κ3) is 2.59. The topological polar surface area (TPSA) is 73.5 Å². The zero-order valence-electron chi connectivity index (χ0n) is 11.2. The van der Waals surface area contributed by atoms with Crippen molar-refractivity contribution in [2.75, 3.05) is 26.2 Å². The Morgan fingerprint density at radius 2 is 1.70 bits per heavy atom. The van der Waals surface area contributed by atoms with E-state index >= 15 is 0 Å². The quantitative estimate of drug-likeness (QED) is 0.830. The van der Waals surface area contributed by atoms with Crippen molar-refractivity contribution < 1.29 is 9.59 Å². The van der Waals surface area contributed by atoms with E-state index in [4.69, 9.17) is 0 Å². The number of piperazine rings is 1. The van der Waals surface area contributed by atoms with Crippen molar-refractivity contribution in [2.24, 2.45) is 5.92 Å². The van der Waals surface area contributed by atoms with Crippen molar-refractivity contribution >= 4 is 11.8 Å². The number of nitrogens with one attached hydrogen (secondary N) is 1. The Morgan fingerprint density at radius 3 is 2.30 bits per heavy atom. The predicted octanol–water partition coefficient (Wildman–Crippen LogP) is 0.0693. The van der Waals surface area contributed by atoms with Crippen LogP contribution in [0.3, 0.4) is 0 Å². The van der Waals surface area contributed by atoms with Crippen LogP contribution in [0.1, 0.15) is 23.3 Å². The van der Waals surface area contributed by atoms with Crippen LogP contribution >= 0.6 is 0 Å². The molecule has 1 aromatic heterocycles. The Balaban J connectivity index is 1.61. The average Bonchev–Trinajstić information content (AvgIpc) is 3.30. The normalized spacial score (nSPS) is 19.0. The molecule has 0 atom stereocenters. The van der Waals surface area contributed by atoms with Crippen LogP contribution in [-0.2, 0) is 4.79 Å².